The molecule has 1 spiro atoms. The number of halogens is 2. The predicted molar refractivity (Wildman–Crippen MR) is 114 cm³/mol. The molecular formula is C22H23Cl2N3O2. The van der Waals surface area contributed by atoms with Gasteiger partial charge >= 0.3 is 0 Å². The van der Waals surface area contributed by atoms with Gasteiger partial charge in [0.1, 0.15) is 6.04 Å². The predicted octanol–water partition coefficient (Wildman–Crippen LogP) is 4.58. The van der Waals surface area contributed by atoms with Gasteiger partial charge in [-0.25, -0.2) is 0 Å². The molecule has 1 N–H and O–H groups in total. The third kappa shape index (κ3) is 4.57. The first kappa shape index (κ1) is 20.2. The summed E-state index contributed by atoms with van der Waals surface area (Å²) in [5, 5.41) is 3.84. The average molecular weight is 432 g/mol. The molecule has 152 valence electrons. The third-order valence-electron chi connectivity index (χ3n) is 5.99. The number of likely N-dealkylation sites (tertiary alicyclic amines) is 1. The van der Waals surface area contributed by atoms with E-state index in [-0.39, 0.29) is 11.8 Å². The van der Waals surface area contributed by atoms with Gasteiger partial charge in [0.25, 0.3) is 5.91 Å². The zero-order chi connectivity index (χ0) is 20.6. The van der Waals surface area contributed by atoms with Crippen molar-refractivity contribution < 1.29 is 9.59 Å². The number of aromatic nitrogens is 1. The maximum atomic E-state index is 12.7. The van der Waals surface area contributed by atoms with E-state index in [2.05, 4.69) is 10.3 Å². The molecule has 2 heterocycles. The van der Waals surface area contributed by atoms with Crippen LogP contribution in [0.2, 0.25) is 10.0 Å². The summed E-state index contributed by atoms with van der Waals surface area (Å²) in [6.45, 7) is 3.31. The van der Waals surface area contributed by atoms with E-state index in [1.54, 1.807) is 37.3 Å². The Morgan fingerprint density at radius 1 is 1.07 bits per heavy atom. The quantitative estimate of drug-likeness (QED) is 0.770. The van der Waals surface area contributed by atoms with E-state index in [9.17, 15) is 9.59 Å². The lowest BCUT2D eigenvalue weighted by atomic mass is 9.93. The van der Waals surface area contributed by atoms with Gasteiger partial charge in [-0.15, -0.1) is 0 Å². The van der Waals surface area contributed by atoms with Crippen LogP contribution in [0.4, 0.5) is 0 Å². The van der Waals surface area contributed by atoms with Gasteiger partial charge in [0.2, 0.25) is 5.91 Å². The van der Waals surface area contributed by atoms with Crippen LogP contribution < -0.4 is 5.32 Å². The van der Waals surface area contributed by atoms with Gasteiger partial charge in [-0.2, -0.15) is 0 Å². The lowest BCUT2D eigenvalue weighted by molar-refractivity contribution is -0.134. The number of rotatable bonds is 4. The number of amides is 2. The molecule has 7 heteroatoms. The summed E-state index contributed by atoms with van der Waals surface area (Å²) >= 11 is 12.1. The van der Waals surface area contributed by atoms with Gasteiger partial charge in [0, 0.05) is 34.9 Å². The summed E-state index contributed by atoms with van der Waals surface area (Å²) in [4.78, 5) is 31.4. The van der Waals surface area contributed by atoms with Crippen molar-refractivity contribution in [2.45, 2.75) is 38.6 Å². The lowest BCUT2D eigenvalue weighted by Crippen LogP contribution is -2.49. The summed E-state index contributed by atoms with van der Waals surface area (Å²) in [7, 11) is 0. The van der Waals surface area contributed by atoms with Gasteiger partial charge in [-0.3, -0.25) is 14.6 Å². The molecule has 5 nitrogen and oxygen atoms in total. The van der Waals surface area contributed by atoms with Crippen LogP contribution in [0, 0.1) is 5.41 Å². The van der Waals surface area contributed by atoms with Crippen LogP contribution in [0.1, 0.15) is 43.0 Å². The van der Waals surface area contributed by atoms with Gasteiger partial charge in [-0.1, -0.05) is 23.2 Å². The first-order valence-corrected chi connectivity index (χ1v) is 10.6. The molecular weight excluding hydrogens is 409 g/mol. The number of carbonyl (C=O) groups is 2. The normalized spacial score (nSPS) is 18.4. The highest BCUT2D eigenvalue weighted by atomic mass is 35.5. The maximum Gasteiger partial charge on any atom is 0.253 e. The Hall–Kier alpha value is -2.11. The number of nitrogens with zero attached hydrogens (tertiary/aromatic N) is 2. The molecule has 2 amide bonds. The average Bonchev–Trinajstić information content (AvgIpc) is 3.46. The van der Waals surface area contributed by atoms with Crippen molar-refractivity contribution in [2.75, 3.05) is 13.1 Å². The fraction of sp³-hybridized carbons (Fsp3) is 0.409. The highest BCUT2D eigenvalue weighted by molar-refractivity contribution is 6.35. The molecule has 0 radical (unpaired) electrons. The van der Waals surface area contributed by atoms with Crippen LogP contribution in [0.3, 0.4) is 0 Å². The van der Waals surface area contributed by atoms with E-state index < -0.39 is 6.04 Å². The van der Waals surface area contributed by atoms with Crippen molar-refractivity contribution in [3.8, 4) is 11.3 Å². The van der Waals surface area contributed by atoms with E-state index in [4.69, 9.17) is 23.2 Å². The molecule has 1 saturated heterocycles. The van der Waals surface area contributed by atoms with Crippen LogP contribution in [0.25, 0.3) is 11.3 Å². The van der Waals surface area contributed by atoms with Crippen LogP contribution in [0.15, 0.2) is 36.5 Å². The molecule has 2 aromatic rings. The van der Waals surface area contributed by atoms with E-state index in [0.29, 0.717) is 26.7 Å². The minimum atomic E-state index is -0.567. The summed E-state index contributed by atoms with van der Waals surface area (Å²) in [5.74, 6) is -0.336. The number of benzene rings is 1. The zero-order valence-corrected chi connectivity index (χ0v) is 17.8. The molecule has 1 saturated carbocycles. The van der Waals surface area contributed by atoms with Gasteiger partial charge in [0.15, 0.2) is 0 Å². The molecule has 1 atom stereocenters. The maximum absolute atomic E-state index is 12.7. The van der Waals surface area contributed by atoms with Crippen LogP contribution >= 0.6 is 23.2 Å². The standard InChI is InChI=1S/C22H23Cl2N3O2/c1-14(21(29)27-8-6-22(4-5-22)7-9-27)26-20(28)15-2-3-19(25-13-15)16-10-17(23)12-18(24)11-16/h2-3,10-14H,4-9H2,1H3,(H,26,28)/t14-/m0/s1. The number of piperidine rings is 1. The topological polar surface area (TPSA) is 62.3 Å². The minimum Gasteiger partial charge on any atom is -0.341 e. The number of pyridine rings is 1. The minimum absolute atomic E-state index is 0.0213. The highest BCUT2D eigenvalue weighted by Gasteiger charge is 2.45. The van der Waals surface area contributed by atoms with E-state index >= 15 is 0 Å². The van der Waals surface area contributed by atoms with Crippen LogP contribution in [0.5, 0.6) is 0 Å². The molecule has 1 aromatic carbocycles. The molecule has 4 rings (SSSR count). The molecule has 29 heavy (non-hydrogen) atoms. The van der Waals surface area contributed by atoms with Gasteiger partial charge in [0.05, 0.1) is 11.3 Å². The second-order valence-electron chi connectivity index (χ2n) is 8.11. The van der Waals surface area contributed by atoms with Crippen molar-refractivity contribution >= 4 is 35.0 Å². The Morgan fingerprint density at radius 2 is 1.72 bits per heavy atom. The molecule has 1 aliphatic carbocycles. The molecule has 1 aromatic heterocycles. The van der Waals surface area contributed by atoms with Crippen molar-refractivity contribution in [1.82, 2.24) is 15.2 Å². The van der Waals surface area contributed by atoms with Crippen molar-refractivity contribution in [2.24, 2.45) is 5.41 Å². The SMILES string of the molecule is C[C@H](NC(=O)c1ccc(-c2cc(Cl)cc(Cl)c2)nc1)C(=O)N1CCC2(CC1)CC2. The Labute approximate surface area is 180 Å². The Bertz CT molecular complexity index is 911. The van der Waals surface area contributed by atoms with Crippen LogP contribution in [-0.2, 0) is 4.79 Å². The lowest BCUT2D eigenvalue weighted by Gasteiger charge is -2.33. The van der Waals surface area contributed by atoms with Crippen molar-refractivity contribution in [3.05, 3.63) is 52.1 Å². The fourth-order valence-electron chi connectivity index (χ4n) is 3.89. The smallest absolute Gasteiger partial charge is 0.253 e. The number of carbonyl (C=O) groups excluding carboxylic acids is 2. The van der Waals surface area contributed by atoms with Crippen molar-refractivity contribution in [3.63, 3.8) is 0 Å². The number of hydrogen-bond donors (Lipinski definition) is 1. The first-order valence-electron chi connectivity index (χ1n) is 9.87. The van der Waals surface area contributed by atoms with Gasteiger partial charge in [-0.05, 0) is 68.4 Å². The number of nitrogens with one attached hydrogen (secondary N) is 1. The third-order valence-corrected chi connectivity index (χ3v) is 6.43. The Morgan fingerprint density at radius 3 is 2.28 bits per heavy atom. The summed E-state index contributed by atoms with van der Waals surface area (Å²) in [5.41, 5.74) is 2.36. The Balaban J connectivity index is 1.37. The second-order valence-corrected chi connectivity index (χ2v) is 8.98. The molecule has 0 bridgehead atoms. The summed E-state index contributed by atoms with van der Waals surface area (Å²) < 4.78 is 0. The zero-order valence-electron chi connectivity index (χ0n) is 16.3. The van der Waals surface area contributed by atoms with E-state index in [1.807, 2.05) is 4.90 Å². The van der Waals surface area contributed by atoms with Gasteiger partial charge < -0.3 is 10.2 Å². The van der Waals surface area contributed by atoms with E-state index in [1.165, 1.54) is 19.0 Å². The molecule has 1 aliphatic heterocycles. The molecule has 2 aliphatic rings. The van der Waals surface area contributed by atoms with Crippen LogP contribution in [-0.4, -0.2) is 40.8 Å². The largest absolute Gasteiger partial charge is 0.341 e. The van der Waals surface area contributed by atoms with E-state index in [0.717, 1.165) is 31.5 Å². The number of hydrogen-bond acceptors (Lipinski definition) is 3. The molecule has 2 fully saturated rings. The fourth-order valence-corrected chi connectivity index (χ4v) is 4.42. The summed E-state index contributed by atoms with van der Waals surface area (Å²) in [6, 6.07) is 8.04. The second kappa shape index (κ2) is 7.96. The highest BCUT2D eigenvalue weighted by Crippen LogP contribution is 2.53. The first-order chi connectivity index (χ1) is 13.8. The van der Waals surface area contributed by atoms with Crippen molar-refractivity contribution in [1.29, 1.82) is 0 Å². The Kier molecular flexibility index (Phi) is 5.54. The summed E-state index contributed by atoms with van der Waals surface area (Å²) in [6.07, 6.45) is 6.25. The molecule has 0 unspecified atom stereocenters. The monoisotopic (exact) mass is 431 g/mol.